The zero-order valence-corrected chi connectivity index (χ0v) is 18.3. The molecule has 1 amide bonds. The third-order valence-electron chi connectivity index (χ3n) is 5.31. The van der Waals surface area contributed by atoms with Gasteiger partial charge < -0.3 is 24.6 Å². The maximum atomic E-state index is 13.0. The molecule has 0 spiro atoms. The predicted molar refractivity (Wildman–Crippen MR) is 125 cm³/mol. The highest BCUT2D eigenvalue weighted by atomic mass is 16.7. The topological polar surface area (TPSA) is 94.8 Å². The Bertz CT molecular complexity index is 1270. The average molecular weight is 457 g/mol. The van der Waals surface area contributed by atoms with E-state index in [-0.39, 0.29) is 25.9 Å². The van der Waals surface area contributed by atoms with Crippen molar-refractivity contribution in [3.05, 3.63) is 90.6 Å². The molecule has 8 nitrogen and oxygen atoms in total. The van der Waals surface area contributed by atoms with E-state index in [1.165, 1.54) is 0 Å². The van der Waals surface area contributed by atoms with Gasteiger partial charge in [0.2, 0.25) is 6.79 Å². The number of nitrogens with zero attached hydrogens (tertiary/aromatic N) is 2. The van der Waals surface area contributed by atoms with Gasteiger partial charge in [0.25, 0.3) is 5.91 Å². The smallest absolute Gasteiger partial charge is 0.255 e. The first kappa shape index (κ1) is 21.5. The van der Waals surface area contributed by atoms with Gasteiger partial charge in [-0.15, -0.1) is 0 Å². The molecule has 4 aromatic rings. The van der Waals surface area contributed by atoms with Gasteiger partial charge in [0.1, 0.15) is 24.2 Å². The van der Waals surface area contributed by atoms with Crippen molar-refractivity contribution in [1.82, 2.24) is 15.1 Å². The molecule has 0 fully saturated rings. The minimum atomic E-state index is -0.904. The Morgan fingerprint density at radius 2 is 1.76 bits per heavy atom. The molecule has 1 unspecified atom stereocenters. The van der Waals surface area contributed by atoms with Crippen LogP contribution in [0.25, 0.3) is 16.9 Å². The van der Waals surface area contributed by atoms with Crippen LogP contribution in [0.5, 0.6) is 17.2 Å². The molecule has 8 heteroatoms. The normalized spacial score (nSPS) is 12.9. The molecule has 2 heterocycles. The van der Waals surface area contributed by atoms with E-state index in [0.29, 0.717) is 28.5 Å². The van der Waals surface area contributed by atoms with E-state index < -0.39 is 6.10 Å². The Labute approximate surface area is 196 Å². The Morgan fingerprint density at radius 3 is 2.56 bits per heavy atom. The van der Waals surface area contributed by atoms with E-state index in [4.69, 9.17) is 14.2 Å². The Hall–Kier alpha value is -4.30. The van der Waals surface area contributed by atoms with Gasteiger partial charge in [-0.25, -0.2) is 4.68 Å². The summed E-state index contributed by atoms with van der Waals surface area (Å²) in [4.78, 5) is 13.0. The molecule has 1 aromatic heterocycles. The van der Waals surface area contributed by atoms with Crippen molar-refractivity contribution in [3.63, 3.8) is 0 Å². The molecule has 0 saturated heterocycles. The van der Waals surface area contributed by atoms with Crippen LogP contribution < -0.4 is 19.5 Å². The number of hydrogen-bond acceptors (Lipinski definition) is 6. The Balaban J connectivity index is 1.26. The number of para-hydroxylation sites is 1. The highest BCUT2D eigenvalue weighted by Crippen LogP contribution is 2.35. The number of amides is 1. The zero-order valence-electron chi connectivity index (χ0n) is 18.3. The molecule has 5 rings (SSSR count). The van der Waals surface area contributed by atoms with Gasteiger partial charge in [-0.2, -0.15) is 5.10 Å². The summed E-state index contributed by atoms with van der Waals surface area (Å²) >= 11 is 0. The third-order valence-corrected chi connectivity index (χ3v) is 5.31. The summed E-state index contributed by atoms with van der Waals surface area (Å²) < 4.78 is 17.9. The van der Waals surface area contributed by atoms with E-state index in [2.05, 4.69) is 10.4 Å². The molecular formula is C26H23N3O5. The van der Waals surface area contributed by atoms with Gasteiger partial charge in [0.05, 0.1) is 11.3 Å². The number of benzene rings is 3. The third kappa shape index (κ3) is 4.72. The summed E-state index contributed by atoms with van der Waals surface area (Å²) in [5, 5.41) is 17.8. The van der Waals surface area contributed by atoms with Crippen LogP contribution in [0.3, 0.4) is 0 Å². The zero-order chi connectivity index (χ0) is 23.3. The van der Waals surface area contributed by atoms with Crippen LogP contribution >= 0.6 is 0 Å². The van der Waals surface area contributed by atoms with E-state index in [1.807, 2.05) is 60.7 Å². The van der Waals surface area contributed by atoms with Crippen LogP contribution in [0.2, 0.25) is 0 Å². The molecule has 0 saturated carbocycles. The Morgan fingerprint density at radius 1 is 1.03 bits per heavy atom. The van der Waals surface area contributed by atoms with Crippen molar-refractivity contribution in [3.8, 4) is 34.2 Å². The first-order valence-electron chi connectivity index (χ1n) is 10.9. The monoisotopic (exact) mass is 457 g/mol. The first-order chi connectivity index (χ1) is 16.7. The summed E-state index contributed by atoms with van der Waals surface area (Å²) in [5.41, 5.74) is 2.65. The van der Waals surface area contributed by atoms with E-state index in [0.717, 1.165) is 11.3 Å². The number of carbonyl (C=O) groups excluding carboxylic acids is 1. The number of aliphatic hydroxyl groups excluding tert-OH is 1. The number of rotatable bonds is 8. The molecule has 1 aliphatic heterocycles. The molecule has 34 heavy (non-hydrogen) atoms. The molecule has 0 bridgehead atoms. The van der Waals surface area contributed by atoms with Gasteiger partial charge in [0, 0.05) is 24.4 Å². The predicted octanol–water partition coefficient (Wildman–Crippen LogP) is 3.44. The fourth-order valence-corrected chi connectivity index (χ4v) is 3.59. The maximum absolute atomic E-state index is 13.0. The number of hydrogen-bond donors (Lipinski definition) is 2. The van der Waals surface area contributed by atoms with Crippen molar-refractivity contribution in [2.24, 2.45) is 0 Å². The summed E-state index contributed by atoms with van der Waals surface area (Å²) in [6.45, 7) is 0.210. The number of aromatic nitrogens is 2. The van der Waals surface area contributed by atoms with Crippen molar-refractivity contribution in [1.29, 1.82) is 0 Å². The molecule has 0 aliphatic carbocycles. The van der Waals surface area contributed by atoms with Gasteiger partial charge in [-0.1, -0.05) is 48.5 Å². The number of ether oxygens (including phenoxy) is 3. The van der Waals surface area contributed by atoms with E-state index >= 15 is 0 Å². The van der Waals surface area contributed by atoms with Crippen LogP contribution in [0.15, 0.2) is 85.1 Å². The second-order valence-corrected chi connectivity index (χ2v) is 7.73. The molecule has 1 aliphatic rings. The molecule has 1 atom stereocenters. The standard InChI is InChI=1S/C26H23N3O5/c30-20(16-32-21-11-12-23-24(13-21)34-17-33-23)14-27-26(31)22-15-29(19-9-5-2-6-10-19)28-25(22)18-7-3-1-4-8-18/h1-13,15,20,30H,14,16-17H2,(H,27,31). The summed E-state index contributed by atoms with van der Waals surface area (Å²) in [7, 11) is 0. The van der Waals surface area contributed by atoms with Crippen LogP contribution in [-0.4, -0.2) is 46.8 Å². The summed E-state index contributed by atoms with van der Waals surface area (Å²) in [6, 6.07) is 24.3. The van der Waals surface area contributed by atoms with Crippen LogP contribution in [0.4, 0.5) is 0 Å². The second-order valence-electron chi connectivity index (χ2n) is 7.73. The average Bonchev–Trinajstić information content (AvgIpc) is 3.54. The fraction of sp³-hybridized carbons (Fsp3) is 0.154. The molecule has 0 radical (unpaired) electrons. The fourth-order valence-electron chi connectivity index (χ4n) is 3.59. The molecule has 172 valence electrons. The lowest BCUT2D eigenvalue weighted by Crippen LogP contribution is -2.35. The molecular weight excluding hydrogens is 434 g/mol. The number of carbonyl (C=O) groups is 1. The van der Waals surface area contributed by atoms with E-state index in [9.17, 15) is 9.90 Å². The number of nitrogens with one attached hydrogen (secondary N) is 1. The minimum absolute atomic E-state index is 0.00867. The quantitative estimate of drug-likeness (QED) is 0.421. The molecule has 3 aromatic carbocycles. The van der Waals surface area contributed by atoms with E-state index in [1.54, 1.807) is 29.1 Å². The lowest BCUT2D eigenvalue weighted by Gasteiger charge is -2.13. The molecule has 2 N–H and O–H groups in total. The van der Waals surface area contributed by atoms with Gasteiger partial charge in [-0.3, -0.25) is 4.79 Å². The van der Waals surface area contributed by atoms with Crippen LogP contribution in [-0.2, 0) is 0 Å². The Kier molecular flexibility index (Phi) is 6.13. The largest absolute Gasteiger partial charge is 0.491 e. The van der Waals surface area contributed by atoms with Gasteiger partial charge in [0.15, 0.2) is 11.5 Å². The SMILES string of the molecule is O=C(NCC(O)COc1ccc2c(c1)OCO2)c1cn(-c2ccccc2)nc1-c1ccccc1. The van der Waals surface area contributed by atoms with Gasteiger partial charge in [-0.05, 0) is 24.3 Å². The lowest BCUT2D eigenvalue weighted by atomic mass is 10.1. The van der Waals surface area contributed by atoms with Crippen molar-refractivity contribution in [2.45, 2.75) is 6.10 Å². The second kappa shape index (κ2) is 9.68. The summed E-state index contributed by atoms with van der Waals surface area (Å²) in [5.74, 6) is 1.47. The van der Waals surface area contributed by atoms with Crippen LogP contribution in [0, 0.1) is 0 Å². The highest BCUT2D eigenvalue weighted by molar-refractivity contribution is 5.99. The van der Waals surface area contributed by atoms with Crippen molar-refractivity contribution >= 4 is 5.91 Å². The number of aliphatic hydroxyl groups is 1. The number of fused-ring (bicyclic) bond motifs is 1. The van der Waals surface area contributed by atoms with Crippen molar-refractivity contribution in [2.75, 3.05) is 19.9 Å². The van der Waals surface area contributed by atoms with Gasteiger partial charge >= 0.3 is 0 Å². The summed E-state index contributed by atoms with van der Waals surface area (Å²) in [6.07, 6.45) is 0.793. The first-order valence-corrected chi connectivity index (χ1v) is 10.9. The minimum Gasteiger partial charge on any atom is -0.491 e. The van der Waals surface area contributed by atoms with Crippen LogP contribution in [0.1, 0.15) is 10.4 Å². The van der Waals surface area contributed by atoms with Crippen molar-refractivity contribution < 1.29 is 24.1 Å². The maximum Gasteiger partial charge on any atom is 0.255 e. The highest BCUT2D eigenvalue weighted by Gasteiger charge is 2.20. The lowest BCUT2D eigenvalue weighted by molar-refractivity contribution is 0.0844.